The normalized spacial score (nSPS) is 25.2. The van der Waals surface area contributed by atoms with Crippen molar-refractivity contribution < 1.29 is 19.4 Å². The Kier molecular flexibility index (Phi) is 5.60. The van der Waals surface area contributed by atoms with Crippen molar-refractivity contribution in [2.75, 3.05) is 13.2 Å². The number of nitrogens with zero attached hydrogens (tertiary/aromatic N) is 1. The van der Waals surface area contributed by atoms with Crippen LogP contribution >= 0.6 is 0 Å². The van der Waals surface area contributed by atoms with Gasteiger partial charge in [0.15, 0.2) is 0 Å². The number of urea groups is 1. The maximum atomic E-state index is 12.2. The van der Waals surface area contributed by atoms with E-state index in [0.717, 1.165) is 0 Å². The Morgan fingerprint density at radius 2 is 2.05 bits per heavy atom. The van der Waals surface area contributed by atoms with E-state index >= 15 is 0 Å². The number of ether oxygens (including phenoxy) is 1. The minimum absolute atomic E-state index is 0.00819. The summed E-state index contributed by atoms with van der Waals surface area (Å²) in [5.74, 6) is -0.823. The van der Waals surface area contributed by atoms with Gasteiger partial charge in [-0.05, 0) is 19.8 Å². The van der Waals surface area contributed by atoms with Crippen LogP contribution in [0.1, 0.15) is 34.1 Å². The second-order valence-electron chi connectivity index (χ2n) is 5.54. The van der Waals surface area contributed by atoms with Crippen LogP contribution in [0.15, 0.2) is 0 Å². The van der Waals surface area contributed by atoms with Gasteiger partial charge in [0.1, 0.15) is 0 Å². The van der Waals surface area contributed by atoms with Crippen molar-refractivity contribution in [3.05, 3.63) is 0 Å². The number of hydrogen-bond acceptors (Lipinski definition) is 3. The fourth-order valence-electron chi connectivity index (χ4n) is 2.07. The summed E-state index contributed by atoms with van der Waals surface area (Å²) in [6, 6.07) is -0.549. The van der Waals surface area contributed by atoms with Crippen molar-refractivity contribution in [3.8, 4) is 0 Å². The van der Waals surface area contributed by atoms with E-state index in [4.69, 9.17) is 9.84 Å². The van der Waals surface area contributed by atoms with Crippen molar-refractivity contribution in [3.63, 3.8) is 0 Å². The highest BCUT2D eigenvalue weighted by Gasteiger charge is 2.29. The SMILES string of the molecule is CC1CN(C(=O)NC(CC(=O)O)C(C)C)C(C)CO1. The van der Waals surface area contributed by atoms with E-state index < -0.39 is 5.97 Å². The standard InChI is InChI=1S/C13H24N2O4/c1-8(2)11(5-12(16)17)14-13(18)15-6-10(4)19-7-9(15)3/h8-11H,5-7H2,1-4H3,(H,14,18)(H,16,17). The lowest BCUT2D eigenvalue weighted by molar-refractivity contribution is -0.137. The summed E-state index contributed by atoms with van der Waals surface area (Å²) < 4.78 is 5.47. The van der Waals surface area contributed by atoms with Crippen LogP contribution in [0.4, 0.5) is 4.79 Å². The molecule has 2 N–H and O–H groups in total. The van der Waals surface area contributed by atoms with Crippen LogP contribution in [-0.4, -0.2) is 53.3 Å². The molecule has 0 radical (unpaired) electrons. The summed E-state index contributed by atoms with van der Waals surface area (Å²) in [5.41, 5.74) is 0. The third-order valence-electron chi connectivity index (χ3n) is 3.38. The minimum Gasteiger partial charge on any atom is -0.481 e. The molecule has 3 unspecified atom stereocenters. The molecule has 0 saturated carbocycles. The van der Waals surface area contributed by atoms with Crippen molar-refractivity contribution in [1.82, 2.24) is 10.2 Å². The first-order chi connectivity index (χ1) is 8.81. The molecule has 1 rings (SSSR count). The topological polar surface area (TPSA) is 78.9 Å². The van der Waals surface area contributed by atoms with Crippen LogP contribution in [0, 0.1) is 5.92 Å². The molecular formula is C13H24N2O4. The summed E-state index contributed by atoms with van der Waals surface area (Å²) in [6.07, 6.45) is -0.0450. The van der Waals surface area contributed by atoms with Gasteiger partial charge in [0.05, 0.1) is 25.2 Å². The highest BCUT2D eigenvalue weighted by Crippen LogP contribution is 2.13. The summed E-state index contributed by atoms with van der Waals surface area (Å²) in [6.45, 7) is 8.69. The van der Waals surface area contributed by atoms with E-state index in [1.54, 1.807) is 4.90 Å². The van der Waals surface area contributed by atoms with E-state index in [1.807, 2.05) is 27.7 Å². The van der Waals surface area contributed by atoms with Crippen molar-refractivity contribution in [1.29, 1.82) is 0 Å². The molecule has 0 aromatic heterocycles. The molecule has 19 heavy (non-hydrogen) atoms. The molecule has 2 amide bonds. The first kappa shape index (κ1) is 15.8. The van der Waals surface area contributed by atoms with Crippen LogP contribution < -0.4 is 5.32 Å². The van der Waals surface area contributed by atoms with Gasteiger partial charge in [-0.1, -0.05) is 13.8 Å². The Morgan fingerprint density at radius 3 is 2.58 bits per heavy atom. The summed E-state index contributed by atoms with van der Waals surface area (Å²) in [7, 11) is 0. The number of carbonyl (C=O) groups is 2. The number of hydrogen-bond donors (Lipinski definition) is 2. The summed E-state index contributed by atoms with van der Waals surface area (Å²) in [5, 5.41) is 11.7. The second-order valence-corrected chi connectivity index (χ2v) is 5.54. The zero-order chi connectivity index (χ0) is 14.6. The molecule has 1 aliphatic heterocycles. The summed E-state index contributed by atoms with van der Waals surface area (Å²) >= 11 is 0. The lowest BCUT2D eigenvalue weighted by atomic mass is 10.0. The van der Waals surface area contributed by atoms with Crippen LogP contribution in [0.25, 0.3) is 0 Å². The molecule has 3 atom stereocenters. The first-order valence-corrected chi connectivity index (χ1v) is 6.71. The number of aliphatic carboxylic acids is 1. The quantitative estimate of drug-likeness (QED) is 0.808. The molecule has 1 fully saturated rings. The fourth-order valence-corrected chi connectivity index (χ4v) is 2.07. The molecule has 6 heteroatoms. The van der Waals surface area contributed by atoms with E-state index in [1.165, 1.54) is 0 Å². The number of nitrogens with one attached hydrogen (secondary N) is 1. The first-order valence-electron chi connectivity index (χ1n) is 6.71. The second kappa shape index (κ2) is 6.75. The Labute approximate surface area is 114 Å². The predicted octanol–water partition coefficient (Wildman–Crippen LogP) is 1.30. The van der Waals surface area contributed by atoms with Crippen LogP contribution in [0.5, 0.6) is 0 Å². The van der Waals surface area contributed by atoms with Gasteiger partial charge < -0.3 is 20.1 Å². The Balaban J connectivity index is 2.62. The Morgan fingerprint density at radius 1 is 1.42 bits per heavy atom. The number of rotatable bonds is 4. The zero-order valence-electron chi connectivity index (χ0n) is 12.0. The van der Waals surface area contributed by atoms with E-state index in [0.29, 0.717) is 13.2 Å². The van der Waals surface area contributed by atoms with Gasteiger partial charge in [-0.15, -0.1) is 0 Å². The smallest absolute Gasteiger partial charge is 0.318 e. The number of carboxylic acid groups (broad SMARTS) is 1. The lowest BCUT2D eigenvalue weighted by Crippen LogP contribution is -2.56. The Hall–Kier alpha value is -1.30. The van der Waals surface area contributed by atoms with Gasteiger partial charge in [0, 0.05) is 12.6 Å². The van der Waals surface area contributed by atoms with Gasteiger partial charge in [0.2, 0.25) is 0 Å². The number of amides is 2. The van der Waals surface area contributed by atoms with Crippen molar-refractivity contribution in [2.45, 2.75) is 52.3 Å². The lowest BCUT2D eigenvalue weighted by Gasteiger charge is -2.37. The average Bonchev–Trinajstić information content (AvgIpc) is 2.30. The predicted molar refractivity (Wildman–Crippen MR) is 71.0 cm³/mol. The van der Waals surface area contributed by atoms with Gasteiger partial charge in [-0.2, -0.15) is 0 Å². The Bertz CT molecular complexity index is 333. The van der Waals surface area contributed by atoms with Gasteiger partial charge in [-0.25, -0.2) is 4.79 Å². The van der Waals surface area contributed by atoms with E-state index in [9.17, 15) is 9.59 Å². The highest BCUT2D eigenvalue weighted by atomic mass is 16.5. The van der Waals surface area contributed by atoms with Crippen LogP contribution in [0.3, 0.4) is 0 Å². The zero-order valence-corrected chi connectivity index (χ0v) is 12.0. The molecule has 110 valence electrons. The molecule has 1 aliphatic rings. The highest BCUT2D eigenvalue weighted by molar-refractivity contribution is 5.76. The van der Waals surface area contributed by atoms with Gasteiger partial charge >= 0.3 is 12.0 Å². The molecular weight excluding hydrogens is 248 g/mol. The number of morpholine rings is 1. The fraction of sp³-hybridized carbons (Fsp3) is 0.846. The van der Waals surface area contributed by atoms with Crippen LogP contribution in [-0.2, 0) is 9.53 Å². The number of carboxylic acids is 1. The molecule has 0 aromatic rings. The molecule has 0 bridgehead atoms. The van der Waals surface area contributed by atoms with Crippen LogP contribution in [0.2, 0.25) is 0 Å². The molecule has 1 saturated heterocycles. The van der Waals surface area contributed by atoms with Gasteiger partial charge in [-0.3, -0.25) is 4.79 Å². The third-order valence-corrected chi connectivity index (χ3v) is 3.38. The molecule has 1 heterocycles. The maximum absolute atomic E-state index is 12.2. The average molecular weight is 272 g/mol. The molecule has 6 nitrogen and oxygen atoms in total. The molecule has 0 aromatic carbocycles. The minimum atomic E-state index is -0.901. The number of carbonyl (C=O) groups excluding carboxylic acids is 1. The van der Waals surface area contributed by atoms with E-state index in [-0.39, 0.29) is 36.6 Å². The monoisotopic (exact) mass is 272 g/mol. The van der Waals surface area contributed by atoms with Crippen molar-refractivity contribution >= 4 is 12.0 Å². The summed E-state index contributed by atoms with van der Waals surface area (Å²) in [4.78, 5) is 24.7. The molecule has 0 spiro atoms. The van der Waals surface area contributed by atoms with Crippen molar-refractivity contribution in [2.24, 2.45) is 5.92 Å². The third kappa shape index (κ3) is 4.70. The largest absolute Gasteiger partial charge is 0.481 e. The molecule has 0 aliphatic carbocycles. The van der Waals surface area contributed by atoms with Gasteiger partial charge in [0.25, 0.3) is 0 Å². The maximum Gasteiger partial charge on any atom is 0.318 e. The van der Waals surface area contributed by atoms with E-state index in [2.05, 4.69) is 5.32 Å².